The van der Waals surface area contributed by atoms with Crippen LogP contribution in [0.25, 0.3) is 0 Å². The first-order chi connectivity index (χ1) is 16.2. The van der Waals surface area contributed by atoms with Gasteiger partial charge < -0.3 is 24.2 Å². The van der Waals surface area contributed by atoms with Crippen LogP contribution < -0.4 is 14.5 Å². The van der Waals surface area contributed by atoms with Gasteiger partial charge in [0.2, 0.25) is 0 Å². The molecule has 0 aromatic heterocycles. The highest BCUT2D eigenvalue weighted by atomic mass is 16.6. The third kappa shape index (κ3) is 5.28. The van der Waals surface area contributed by atoms with Crippen LogP contribution in [0.1, 0.15) is 39.2 Å². The normalized spacial score (nSPS) is 17.4. The number of anilines is 2. The van der Waals surface area contributed by atoms with E-state index in [-0.39, 0.29) is 19.4 Å². The second-order valence-corrected chi connectivity index (χ2v) is 9.69. The number of hydrogen-bond acceptors (Lipinski definition) is 7. The zero-order chi connectivity index (χ0) is 24.3. The topological polar surface area (TPSA) is 88.5 Å². The zero-order valence-electron chi connectivity index (χ0n) is 20.0. The Labute approximate surface area is 200 Å². The van der Waals surface area contributed by atoms with Gasteiger partial charge in [-0.1, -0.05) is 36.4 Å². The van der Waals surface area contributed by atoms with Crippen molar-refractivity contribution >= 4 is 23.4 Å². The van der Waals surface area contributed by atoms with E-state index in [9.17, 15) is 14.7 Å². The van der Waals surface area contributed by atoms with Gasteiger partial charge in [-0.15, -0.1) is 0 Å². The van der Waals surface area contributed by atoms with Gasteiger partial charge in [0, 0.05) is 25.9 Å². The number of esters is 1. The van der Waals surface area contributed by atoms with Gasteiger partial charge in [-0.05, 0) is 38.5 Å². The summed E-state index contributed by atoms with van der Waals surface area (Å²) in [6.07, 6.45) is 0.0588. The van der Waals surface area contributed by atoms with E-state index in [1.165, 1.54) is 0 Å². The molecule has 1 N–H and O–H groups in total. The zero-order valence-corrected chi connectivity index (χ0v) is 20.0. The molecule has 8 nitrogen and oxygen atoms in total. The molecule has 0 aliphatic carbocycles. The third-order valence-electron chi connectivity index (χ3n) is 5.96. The average Bonchev–Trinajstić information content (AvgIpc) is 2.82. The number of benzene rings is 2. The Balaban J connectivity index is 1.43. The molecule has 2 aliphatic rings. The first-order valence-corrected chi connectivity index (χ1v) is 11.6. The predicted octanol–water partition coefficient (Wildman–Crippen LogP) is 3.90. The first-order valence-electron chi connectivity index (χ1n) is 11.6. The summed E-state index contributed by atoms with van der Waals surface area (Å²) >= 11 is 0. The molecule has 0 bridgehead atoms. The standard InChI is InChI=1S/C26H32N2O6/c1-25(2,3)34-24(30)28-16-17-32-22-20(10-7-11-21(22)28)27-14-12-26(31,13-15-27)23(29)33-18-19-8-5-4-6-9-19/h4-11,31H,12-18H2,1-3H3. The Morgan fingerprint density at radius 1 is 1.00 bits per heavy atom. The molecule has 34 heavy (non-hydrogen) atoms. The van der Waals surface area contributed by atoms with E-state index in [2.05, 4.69) is 4.90 Å². The van der Waals surface area contributed by atoms with E-state index in [1.54, 1.807) is 4.90 Å². The number of para-hydroxylation sites is 1. The van der Waals surface area contributed by atoms with E-state index in [1.807, 2.05) is 69.3 Å². The van der Waals surface area contributed by atoms with Crippen molar-refractivity contribution in [3.63, 3.8) is 0 Å². The SMILES string of the molecule is CC(C)(C)OC(=O)N1CCOc2c(N3CCC(O)(C(=O)OCc4ccccc4)CC3)cccc21. The molecule has 182 valence electrons. The van der Waals surface area contributed by atoms with E-state index < -0.39 is 23.3 Å². The summed E-state index contributed by atoms with van der Waals surface area (Å²) in [7, 11) is 0. The van der Waals surface area contributed by atoms with Crippen LogP contribution in [0.2, 0.25) is 0 Å². The highest BCUT2D eigenvalue weighted by Crippen LogP contribution is 2.42. The Hall–Kier alpha value is -3.26. The lowest BCUT2D eigenvalue weighted by Crippen LogP contribution is -2.50. The lowest BCUT2D eigenvalue weighted by atomic mass is 9.91. The number of fused-ring (bicyclic) bond motifs is 1. The molecule has 0 spiro atoms. The Kier molecular flexibility index (Phi) is 6.70. The maximum Gasteiger partial charge on any atom is 0.415 e. The summed E-state index contributed by atoms with van der Waals surface area (Å²) in [6, 6.07) is 15.0. The molecule has 0 saturated carbocycles. The second-order valence-electron chi connectivity index (χ2n) is 9.69. The molecule has 2 aromatic carbocycles. The van der Waals surface area contributed by atoms with Gasteiger partial charge >= 0.3 is 12.1 Å². The smallest absolute Gasteiger partial charge is 0.415 e. The fraction of sp³-hybridized carbons (Fsp3) is 0.462. The van der Waals surface area contributed by atoms with E-state index in [4.69, 9.17) is 14.2 Å². The number of rotatable bonds is 4. The minimum absolute atomic E-state index is 0.131. The molecule has 0 radical (unpaired) electrons. The van der Waals surface area contributed by atoms with Crippen molar-refractivity contribution in [2.24, 2.45) is 0 Å². The largest absolute Gasteiger partial charge is 0.487 e. The van der Waals surface area contributed by atoms with Gasteiger partial charge in [0.25, 0.3) is 0 Å². The van der Waals surface area contributed by atoms with Crippen LogP contribution in [-0.2, 0) is 20.9 Å². The molecule has 8 heteroatoms. The highest BCUT2D eigenvalue weighted by molar-refractivity contribution is 5.92. The van der Waals surface area contributed by atoms with Gasteiger partial charge in [-0.2, -0.15) is 0 Å². The van der Waals surface area contributed by atoms with Crippen LogP contribution in [0.15, 0.2) is 48.5 Å². The lowest BCUT2D eigenvalue weighted by Gasteiger charge is -2.39. The number of hydrogen-bond donors (Lipinski definition) is 1. The fourth-order valence-corrected chi connectivity index (χ4v) is 4.17. The summed E-state index contributed by atoms with van der Waals surface area (Å²) in [5.74, 6) is 0.00940. The summed E-state index contributed by atoms with van der Waals surface area (Å²) in [5, 5.41) is 10.9. The van der Waals surface area contributed by atoms with Crippen molar-refractivity contribution in [1.82, 2.24) is 0 Å². The van der Waals surface area contributed by atoms with Gasteiger partial charge in [0.05, 0.1) is 17.9 Å². The fourth-order valence-electron chi connectivity index (χ4n) is 4.17. The van der Waals surface area contributed by atoms with Crippen LogP contribution in [0.5, 0.6) is 5.75 Å². The molecule has 4 rings (SSSR count). The molecule has 1 saturated heterocycles. The minimum atomic E-state index is -1.52. The molecule has 2 aromatic rings. The molecule has 2 heterocycles. The number of aliphatic hydroxyl groups is 1. The molecule has 1 amide bonds. The summed E-state index contributed by atoms with van der Waals surface area (Å²) in [6.45, 7) is 7.29. The van der Waals surface area contributed by atoms with E-state index in [0.29, 0.717) is 37.7 Å². The number of carbonyl (C=O) groups excluding carboxylic acids is 2. The summed E-state index contributed by atoms with van der Waals surface area (Å²) < 4.78 is 16.9. The van der Waals surface area contributed by atoms with Crippen LogP contribution in [0.4, 0.5) is 16.2 Å². The predicted molar refractivity (Wildman–Crippen MR) is 128 cm³/mol. The van der Waals surface area contributed by atoms with Crippen LogP contribution >= 0.6 is 0 Å². The van der Waals surface area contributed by atoms with Crippen LogP contribution in [0, 0.1) is 0 Å². The van der Waals surface area contributed by atoms with Crippen molar-refractivity contribution in [3.8, 4) is 5.75 Å². The van der Waals surface area contributed by atoms with Crippen molar-refractivity contribution in [3.05, 3.63) is 54.1 Å². The van der Waals surface area contributed by atoms with Crippen LogP contribution in [0.3, 0.4) is 0 Å². The highest BCUT2D eigenvalue weighted by Gasteiger charge is 2.42. The molecule has 0 atom stereocenters. The molecule has 2 aliphatic heterocycles. The molecule has 1 fully saturated rings. The molecular formula is C26H32N2O6. The van der Waals surface area contributed by atoms with Crippen molar-refractivity contribution in [1.29, 1.82) is 0 Å². The van der Waals surface area contributed by atoms with Gasteiger partial charge in [-0.25, -0.2) is 9.59 Å². The maximum atomic E-state index is 12.7. The third-order valence-corrected chi connectivity index (χ3v) is 5.96. The Morgan fingerprint density at radius 2 is 1.68 bits per heavy atom. The van der Waals surface area contributed by atoms with Gasteiger partial charge in [0.15, 0.2) is 11.4 Å². The minimum Gasteiger partial charge on any atom is -0.487 e. The second kappa shape index (κ2) is 9.54. The molecule has 0 unspecified atom stereocenters. The number of piperidine rings is 1. The van der Waals surface area contributed by atoms with Crippen molar-refractivity contribution in [2.75, 3.05) is 36.0 Å². The van der Waals surface area contributed by atoms with Gasteiger partial charge in [-0.3, -0.25) is 4.90 Å². The Morgan fingerprint density at radius 3 is 2.35 bits per heavy atom. The van der Waals surface area contributed by atoms with Gasteiger partial charge in [0.1, 0.15) is 18.8 Å². The number of carbonyl (C=O) groups is 2. The number of amides is 1. The van der Waals surface area contributed by atoms with Crippen molar-refractivity contribution < 1.29 is 28.9 Å². The molecular weight excluding hydrogens is 436 g/mol. The van der Waals surface area contributed by atoms with E-state index >= 15 is 0 Å². The van der Waals surface area contributed by atoms with Crippen LogP contribution in [-0.4, -0.2) is 54.6 Å². The number of nitrogens with zero attached hydrogens (tertiary/aromatic N) is 2. The maximum absolute atomic E-state index is 12.7. The Bertz CT molecular complexity index is 1030. The average molecular weight is 469 g/mol. The summed E-state index contributed by atoms with van der Waals surface area (Å²) in [5.41, 5.74) is 0.231. The quantitative estimate of drug-likeness (QED) is 0.681. The van der Waals surface area contributed by atoms with Crippen molar-refractivity contribution in [2.45, 2.75) is 51.4 Å². The number of ether oxygens (including phenoxy) is 3. The monoisotopic (exact) mass is 468 g/mol. The lowest BCUT2D eigenvalue weighted by molar-refractivity contribution is -0.169. The first kappa shape index (κ1) is 23.9. The summed E-state index contributed by atoms with van der Waals surface area (Å²) in [4.78, 5) is 29.0. The van der Waals surface area contributed by atoms with E-state index in [0.717, 1.165) is 11.3 Å².